The second-order valence-corrected chi connectivity index (χ2v) is 8.24. The minimum Gasteiger partial charge on any atom is -0.377 e. The van der Waals surface area contributed by atoms with Gasteiger partial charge in [-0.3, -0.25) is 9.80 Å². The lowest BCUT2D eigenvalue weighted by Gasteiger charge is -2.51. The molecule has 2 aromatic rings. The van der Waals surface area contributed by atoms with Gasteiger partial charge in [-0.1, -0.05) is 30.3 Å². The van der Waals surface area contributed by atoms with E-state index in [0.717, 1.165) is 24.8 Å². The molecule has 0 N–H and O–H groups in total. The van der Waals surface area contributed by atoms with Crippen LogP contribution in [-0.4, -0.2) is 58.6 Å². The molecule has 0 spiro atoms. The number of ether oxygens (including phenoxy) is 1. The van der Waals surface area contributed by atoms with Crippen molar-refractivity contribution >= 4 is 0 Å². The van der Waals surface area contributed by atoms with Gasteiger partial charge in [-0.15, -0.1) is 0 Å². The molecule has 5 heterocycles. The maximum atomic E-state index is 5.13. The predicted molar refractivity (Wildman–Crippen MR) is 104 cm³/mol. The molecule has 4 aliphatic rings. The quantitative estimate of drug-likeness (QED) is 0.816. The lowest BCUT2D eigenvalue weighted by Crippen LogP contribution is -2.59. The molecule has 4 saturated heterocycles. The first-order valence-corrected chi connectivity index (χ1v) is 10.2. The summed E-state index contributed by atoms with van der Waals surface area (Å²) in [5.41, 5.74) is 2.70. The van der Waals surface area contributed by atoms with Crippen LogP contribution >= 0.6 is 0 Å². The summed E-state index contributed by atoms with van der Waals surface area (Å²) >= 11 is 0. The van der Waals surface area contributed by atoms with E-state index in [1.54, 1.807) is 7.11 Å². The Labute approximate surface area is 161 Å². The third-order valence-corrected chi connectivity index (χ3v) is 6.74. The van der Waals surface area contributed by atoms with E-state index in [4.69, 9.17) is 4.74 Å². The smallest absolute Gasteiger partial charge is 0.153 e. The molecule has 2 bridgehead atoms. The fraction of sp³-hybridized carbons (Fsp3) is 0.545. The number of fused-ring (bicyclic) bond motifs is 2. The Bertz CT molecular complexity index is 758. The molecule has 142 valence electrons. The molecule has 4 aliphatic heterocycles. The van der Waals surface area contributed by atoms with E-state index in [1.807, 2.05) is 12.4 Å². The zero-order valence-corrected chi connectivity index (χ0v) is 16.0. The molecule has 6 rings (SSSR count). The van der Waals surface area contributed by atoms with Gasteiger partial charge in [-0.25, -0.2) is 9.97 Å². The van der Waals surface area contributed by atoms with Gasteiger partial charge in [0.1, 0.15) is 6.61 Å². The van der Waals surface area contributed by atoms with Gasteiger partial charge in [-0.05, 0) is 37.4 Å². The monoisotopic (exact) mass is 364 g/mol. The average Bonchev–Trinajstić information content (AvgIpc) is 3.13. The number of methoxy groups -OCH3 is 1. The first kappa shape index (κ1) is 17.3. The first-order valence-electron chi connectivity index (χ1n) is 10.2. The second-order valence-electron chi connectivity index (χ2n) is 8.24. The summed E-state index contributed by atoms with van der Waals surface area (Å²) < 4.78 is 5.13. The molecule has 5 heteroatoms. The summed E-state index contributed by atoms with van der Waals surface area (Å²) in [5.74, 6) is 2.20. The van der Waals surface area contributed by atoms with Crippen LogP contribution in [-0.2, 0) is 17.9 Å². The summed E-state index contributed by atoms with van der Waals surface area (Å²) in [5, 5.41) is 0. The van der Waals surface area contributed by atoms with Crippen molar-refractivity contribution in [2.45, 2.75) is 44.0 Å². The Kier molecular flexibility index (Phi) is 4.68. The molecule has 0 radical (unpaired) electrons. The lowest BCUT2D eigenvalue weighted by atomic mass is 9.75. The highest BCUT2D eigenvalue weighted by molar-refractivity contribution is 5.27. The summed E-state index contributed by atoms with van der Waals surface area (Å²) in [6.07, 6.45) is 6.66. The summed E-state index contributed by atoms with van der Waals surface area (Å²) in [7, 11) is 1.68. The van der Waals surface area contributed by atoms with Crippen molar-refractivity contribution in [3.63, 3.8) is 0 Å². The number of rotatable bonds is 5. The molecule has 1 aromatic heterocycles. The van der Waals surface area contributed by atoms with E-state index >= 15 is 0 Å². The van der Waals surface area contributed by atoms with Gasteiger partial charge in [-0.2, -0.15) is 0 Å². The molecule has 0 saturated carbocycles. The van der Waals surface area contributed by atoms with Crippen LogP contribution in [0, 0.1) is 5.92 Å². The molecule has 0 amide bonds. The normalized spacial score (nSPS) is 32.6. The highest BCUT2D eigenvalue weighted by Gasteiger charge is 2.53. The van der Waals surface area contributed by atoms with Gasteiger partial charge >= 0.3 is 0 Å². The van der Waals surface area contributed by atoms with Crippen molar-refractivity contribution in [3.05, 3.63) is 59.7 Å². The Morgan fingerprint density at radius 3 is 2.48 bits per heavy atom. The van der Waals surface area contributed by atoms with Crippen LogP contribution in [0.25, 0.3) is 0 Å². The Morgan fingerprint density at radius 2 is 1.78 bits per heavy atom. The first-order chi connectivity index (χ1) is 13.3. The van der Waals surface area contributed by atoms with Gasteiger partial charge in [0.25, 0.3) is 0 Å². The Balaban J connectivity index is 1.40. The predicted octanol–water partition coefficient (Wildman–Crippen LogP) is 2.69. The van der Waals surface area contributed by atoms with Crippen LogP contribution in [0.4, 0.5) is 0 Å². The highest BCUT2D eigenvalue weighted by atomic mass is 16.5. The van der Waals surface area contributed by atoms with Crippen LogP contribution in [0.2, 0.25) is 0 Å². The van der Waals surface area contributed by atoms with Gasteiger partial charge in [0.15, 0.2) is 5.82 Å². The molecular weight excluding hydrogens is 336 g/mol. The van der Waals surface area contributed by atoms with Crippen molar-refractivity contribution in [2.75, 3.05) is 26.7 Å². The largest absolute Gasteiger partial charge is 0.377 e. The van der Waals surface area contributed by atoms with Crippen molar-refractivity contribution in [1.82, 2.24) is 19.8 Å². The maximum Gasteiger partial charge on any atom is 0.153 e. The van der Waals surface area contributed by atoms with Gasteiger partial charge in [0.05, 0.1) is 0 Å². The van der Waals surface area contributed by atoms with E-state index in [0.29, 0.717) is 24.6 Å². The van der Waals surface area contributed by atoms with E-state index < -0.39 is 0 Å². The average molecular weight is 364 g/mol. The van der Waals surface area contributed by atoms with Gasteiger partial charge in [0, 0.05) is 56.2 Å². The van der Waals surface area contributed by atoms with Crippen LogP contribution in [0.15, 0.2) is 42.7 Å². The van der Waals surface area contributed by atoms with E-state index in [2.05, 4.69) is 50.1 Å². The number of nitrogens with zero attached hydrogens (tertiary/aromatic N) is 4. The molecule has 27 heavy (non-hydrogen) atoms. The molecular formula is C22H28N4O. The molecule has 4 fully saturated rings. The summed E-state index contributed by atoms with van der Waals surface area (Å²) in [6.45, 7) is 5.10. The van der Waals surface area contributed by atoms with Crippen LogP contribution in [0.5, 0.6) is 0 Å². The lowest BCUT2D eigenvalue weighted by molar-refractivity contribution is -0.00874. The fourth-order valence-corrected chi connectivity index (χ4v) is 5.62. The Morgan fingerprint density at radius 1 is 1.04 bits per heavy atom. The third-order valence-electron chi connectivity index (χ3n) is 6.74. The van der Waals surface area contributed by atoms with Gasteiger partial charge < -0.3 is 4.74 Å². The number of aromatic nitrogens is 2. The SMILES string of the molecule is COCc1ncc(CN2C[C@@H](c3ccccc3)[C@@H]3[C@H]2C2CCN3CC2)cn1. The highest BCUT2D eigenvalue weighted by Crippen LogP contribution is 2.46. The number of hydrogen-bond donors (Lipinski definition) is 0. The topological polar surface area (TPSA) is 41.5 Å². The molecule has 5 nitrogen and oxygen atoms in total. The van der Waals surface area contributed by atoms with E-state index in [1.165, 1.54) is 37.1 Å². The van der Waals surface area contributed by atoms with Gasteiger partial charge in [0.2, 0.25) is 0 Å². The number of likely N-dealkylation sites (tertiary alicyclic amines) is 1. The number of benzene rings is 1. The number of piperidine rings is 3. The standard InChI is InChI=1S/C22H28N4O/c1-27-15-20-23-11-16(12-24-20)13-26-14-19(17-5-3-2-4-6-17)22-21(26)18-7-9-25(22)10-8-18/h2-6,11-12,18-19,21-22H,7-10,13-15H2,1H3/t19-,21+,22+/m0/s1. The number of hydrogen-bond acceptors (Lipinski definition) is 5. The van der Waals surface area contributed by atoms with Crippen LogP contribution < -0.4 is 0 Å². The second kappa shape index (κ2) is 7.30. The summed E-state index contributed by atoms with van der Waals surface area (Å²) in [6, 6.07) is 12.5. The molecule has 1 aromatic carbocycles. The zero-order chi connectivity index (χ0) is 18.2. The Hall–Kier alpha value is -1.82. The molecule has 0 aliphatic carbocycles. The fourth-order valence-electron chi connectivity index (χ4n) is 5.62. The molecule has 0 unspecified atom stereocenters. The minimum atomic E-state index is 0.474. The van der Waals surface area contributed by atoms with Crippen LogP contribution in [0.1, 0.15) is 35.7 Å². The maximum absolute atomic E-state index is 5.13. The van der Waals surface area contributed by atoms with Crippen LogP contribution in [0.3, 0.4) is 0 Å². The summed E-state index contributed by atoms with van der Waals surface area (Å²) in [4.78, 5) is 14.4. The van der Waals surface area contributed by atoms with Crippen molar-refractivity contribution in [1.29, 1.82) is 0 Å². The van der Waals surface area contributed by atoms with E-state index in [-0.39, 0.29) is 0 Å². The minimum absolute atomic E-state index is 0.474. The van der Waals surface area contributed by atoms with Crippen molar-refractivity contribution in [2.24, 2.45) is 5.92 Å². The van der Waals surface area contributed by atoms with Crippen molar-refractivity contribution < 1.29 is 4.74 Å². The zero-order valence-electron chi connectivity index (χ0n) is 16.0. The third kappa shape index (κ3) is 3.18. The molecule has 3 atom stereocenters. The van der Waals surface area contributed by atoms with Crippen molar-refractivity contribution in [3.8, 4) is 0 Å². The van der Waals surface area contributed by atoms with E-state index in [9.17, 15) is 0 Å².